The molecule has 1 rings (SSSR count). The first-order valence-electron chi connectivity index (χ1n) is 5.64. The van der Waals surface area contributed by atoms with Gasteiger partial charge in [-0.1, -0.05) is 38.3 Å². The molecule has 0 bridgehead atoms. The van der Waals surface area contributed by atoms with Crippen LogP contribution in [-0.4, -0.2) is 11.2 Å². The van der Waals surface area contributed by atoms with E-state index < -0.39 is 0 Å². The first-order valence-corrected chi connectivity index (χ1v) is 5.64. The summed E-state index contributed by atoms with van der Waals surface area (Å²) in [4.78, 5) is 0. The summed E-state index contributed by atoms with van der Waals surface area (Å²) in [5.74, 6) is 0.675. The van der Waals surface area contributed by atoms with Crippen molar-refractivity contribution >= 4 is 0 Å². The van der Waals surface area contributed by atoms with Gasteiger partial charge in [-0.05, 0) is 31.6 Å². The second-order valence-electron chi connectivity index (χ2n) is 4.14. The van der Waals surface area contributed by atoms with Crippen molar-refractivity contribution in [1.29, 1.82) is 0 Å². The zero-order valence-electron chi connectivity index (χ0n) is 8.92. The smallest absolute Gasteiger partial charge is 0.0580 e. The van der Waals surface area contributed by atoms with E-state index in [9.17, 15) is 5.11 Å². The van der Waals surface area contributed by atoms with Crippen molar-refractivity contribution in [3.8, 4) is 0 Å². The van der Waals surface area contributed by atoms with Crippen LogP contribution in [0.1, 0.15) is 52.4 Å². The average Bonchev–Trinajstić information content (AvgIpc) is 2.10. The molecule has 13 heavy (non-hydrogen) atoms. The van der Waals surface area contributed by atoms with Gasteiger partial charge in [-0.2, -0.15) is 0 Å². The van der Waals surface area contributed by atoms with Gasteiger partial charge in [0.15, 0.2) is 0 Å². The second-order valence-corrected chi connectivity index (χ2v) is 4.14. The van der Waals surface area contributed by atoms with E-state index in [1.165, 1.54) is 25.7 Å². The molecule has 0 radical (unpaired) electrons. The molecular weight excluding hydrogens is 160 g/mol. The standard InChI is InChI=1S/C12H22O/c1-3-5-10-7-8-12(13)9-11(10)6-4-2/h7,11-13H,3-6,8-9H2,1-2H3. The summed E-state index contributed by atoms with van der Waals surface area (Å²) in [5, 5.41) is 9.55. The molecule has 0 saturated carbocycles. The number of aliphatic hydroxyl groups excluding tert-OH is 1. The number of hydrogen-bond donors (Lipinski definition) is 1. The topological polar surface area (TPSA) is 20.2 Å². The van der Waals surface area contributed by atoms with E-state index in [4.69, 9.17) is 0 Å². The average molecular weight is 182 g/mol. The van der Waals surface area contributed by atoms with E-state index in [1.54, 1.807) is 5.57 Å². The molecule has 1 heteroatoms. The van der Waals surface area contributed by atoms with E-state index in [-0.39, 0.29) is 6.10 Å². The van der Waals surface area contributed by atoms with Crippen LogP contribution in [-0.2, 0) is 0 Å². The van der Waals surface area contributed by atoms with Crippen molar-refractivity contribution in [2.75, 3.05) is 0 Å². The van der Waals surface area contributed by atoms with Crippen LogP contribution in [0.3, 0.4) is 0 Å². The number of rotatable bonds is 4. The van der Waals surface area contributed by atoms with Gasteiger partial charge in [0, 0.05) is 0 Å². The van der Waals surface area contributed by atoms with Crippen LogP contribution in [0.15, 0.2) is 11.6 Å². The summed E-state index contributed by atoms with van der Waals surface area (Å²) in [6, 6.07) is 0. The zero-order valence-corrected chi connectivity index (χ0v) is 8.92. The third-order valence-corrected chi connectivity index (χ3v) is 2.91. The second kappa shape index (κ2) is 5.43. The van der Waals surface area contributed by atoms with Crippen LogP contribution in [0.4, 0.5) is 0 Å². The molecule has 1 nitrogen and oxygen atoms in total. The Morgan fingerprint density at radius 3 is 2.77 bits per heavy atom. The zero-order chi connectivity index (χ0) is 9.68. The van der Waals surface area contributed by atoms with Gasteiger partial charge in [0.05, 0.1) is 6.10 Å². The van der Waals surface area contributed by atoms with E-state index in [1.807, 2.05) is 0 Å². The SMILES string of the molecule is CCCC1=CCC(O)CC1CCC. The molecule has 2 unspecified atom stereocenters. The van der Waals surface area contributed by atoms with Crippen LogP contribution in [0.5, 0.6) is 0 Å². The Hall–Kier alpha value is -0.300. The normalized spacial score (nSPS) is 28.7. The molecule has 0 saturated heterocycles. The molecule has 1 aliphatic carbocycles. The third kappa shape index (κ3) is 3.15. The van der Waals surface area contributed by atoms with E-state index in [0.29, 0.717) is 5.92 Å². The molecule has 0 aromatic carbocycles. The van der Waals surface area contributed by atoms with E-state index in [2.05, 4.69) is 19.9 Å². The minimum Gasteiger partial charge on any atom is -0.393 e. The Balaban J connectivity index is 2.54. The largest absolute Gasteiger partial charge is 0.393 e. The Bertz CT molecular complexity index is 172. The summed E-state index contributed by atoms with van der Waals surface area (Å²) >= 11 is 0. The fourth-order valence-electron chi connectivity index (χ4n) is 2.28. The van der Waals surface area contributed by atoms with Crippen LogP contribution < -0.4 is 0 Å². The van der Waals surface area contributed by atoms with E-state index in [0.717, 1.165) is 12.8 Å². The number of allylic oxidation sites excluding steroid dienone is 1. The van der Waals surface area contributed by atoms with Gasteiger partial charge in [0.1, 0.15) is 0 Å². The minimum atomic E-state index is -0.0721. The molecular formula is C12H22O. The maximum Gasteiger partial charge on any atom is 0.0580 e. The highest BCUT2D eigenvalue weighted by atomic mass is 16.3. The Labute approximate surface area is 81.9 Å². The summed E-state index contributed by atoms with van der Waals surface area (Å²) in [5.41, 5.74) is 1.61. The van der Waals surface area contributed by atoms with Crippen molar-refractivity contribution in [2.24, 2.45) is 5.92 Å². The molecule has 1 N–H and O–H groups in total. The predicted molar refractivity (Wildman–Crippen MR) is 56.6 cm³/mol. The first-order chi connectivity index (χ1) is 6.27. The molecule has 0 fully saturated rings. The quantitative estimate of drug-likeness (QED) is 0.661. The van der Waals surface area contributed by atoms with Crippen molar-refractivity contribution < 1.29 is 5.11 Å². The molecule has 0 aromatic rings. The Morgan fingerprint density at radius 2 is 2.15 bits per heavy atom. The van der Waals surface area contributed by atoms with Gasteiger partial charge in [-0.15, -0.1) is 0 Å². The first kappa shape index (κ1) is 10.8. The molecule has 2 atom stereocenters. The van der Waals surface area contributed by atoms with Crippen molar-refractivity contribution in [3.05, 3.63) is 11.6 Å². The van der Waals surface area contributed by atoms with E-state index >= 15 is 0 Å². The van der Waals surface area contributed by atoms with Crippen molar-refractivity contribution in [1.82, 2.24) is 0 Å². The molecule has 0 heterocycles. The minimum absolute atomic E-state index is 0.0721. The summed E-state index contributed by atoms with van der Waals surface area (Å²) in [6.07, 6.45) is 9.05. The summed E-state index contributed by atoms with van der Waals surface area (Å²) in [7, 11) is 0. The monoisotopic (exact) mass is 182 g/mol. The van der Waals surface area contributed by atoms with Crippen molar-refractivity contribution in [2.45, 2.75) is 58.5 Å². The van der Waals surface area contributed by atoms with Crippen molar-refractivity contribution in [3.63, 3.8) is 0 Å². The Kier molecular flexibility index (Phi) is 4.51. The fourth-order valence-corrected chi connectivity index (χ4v) is 2.28. The molecule has 0 amide bonds. The molecule has 1 aliphatic rings. The molecule has 0 aromatic heterocycles. The van der Waals surface area contributed by atoms with Crippen LogP contribution in [0, 0.1) is 5.92 Å². The number of aliphatic hydroxyl groups is 1. The molecule has 0 spiro atoms. The highest BCUT2D eigenvalue weighted by Gasteiger charge is 2.21. The lowest BCUT2D eigenvalue weighted by Gasteiger charge is -2.27. The van der Waals surface area contributed by atoms with Gasteiger partial charge >= 0.3 is 0 Å². The fraction of sp³-hybridized carbons (Fsp3) is 0.833. The highest BCUT2D eigenvalue weighted by Crippen LogP contribution is 2.31. The molecule has 76 valence electrons. The molecule has 0 aliphatic heterocycles. The van der Waals surface area contributed by atoms with Gasteiger partial charge in [0.25, 0.3) is 0 Å². The van der Waals surface area contributed by atoms with Gasteiger partial charge in [-0.25, -0.2) is 0 Å². The maximum absolute atomic E-state index is 9.55. The lowest BCUT2D eigenvalue weighted by Crippen LogP contribution is -2.19. The van der Waals surface area contributed by atoms with Gasteiger partial charge in [0.2, 0.25) is 0 Å². The third-order valence-electron chi connectivity index (χ3n) is 2.91. The Morgan fingerprint density at radius 1 is 1.38 bits per heavy atom. The van der Waals surface area contributed by atoms with Gasteiger partial charge < -0.3 is 5.11 Å². The summed E-state index contributed by atoms with van der Waals surface area (Å²) < 4.78 is 0. The van der Waals surface area contributed by atoms with Gasteiger partial charge in [-0.3, -0.25) is 0 Å². The predicted octanol–water partition coefficient (Wildman–Crippen LogP) is 3.28. The lowest BCUT2D eigenvalue weighted by molar-refractivity contribution is 0.140. The lowest BCUT2D eigenvalue weighted by atomic mass is 9.81. The summed E-state index contributed by atoms with van der Waals surface area (Å²) in [6.45, 7) is 4.46. The van der Waals surface area contributed by atoms with Crippen LogP contribution in [0.25, 0.3) is 0 Å². The van der Waals surface area contributed by atoms with Crippen LogP contribution >= 0.6 is 0 Å². The highest BCUT2D eigenvalue weighted by molar-refractivity contribution is 5.11. The maximum atomic E-state index is 9.55. The van der Waals surface area contributed by atoms with Crippen LogP contribution in [0.2, 0.25) is 0 Å². The number of hydrogen-bond acceptors (Lipinski definition) is 1.